The maximum absolute atomic E-state index is 12.6. The van der Waals surface area contributed by atoms with Crippen molar-refractivity contribution in [3.63, 3.8) is 0 Å². The van der Waals surface area contributed by atoms with E-state index in [1.54, 1.807) is 17.9 Å². The van der Waals surface area contributed by atoms with Gasteiger partial charge >= 0.3 is 0 Å². The smallest absolute Gasteiger partial charge is 0.273 e. The summed E-state index contributed by atoms with van der Waals surface area (Å²) in [4.78, 5) is 37.0. The largest absolute Gasteiger partial charge is 0.367 e. The zero-order valence-electron chi connectivity index (χ0n) is 15.0. The number of carbonyl (C=O) groups excluding carboxylic acids is 1. The van der Waals surface area contributed by atoms with Crippen LogP contribution in [0.1, 0.15) is 15.9 Å². The second-order valence-corrected chi connectivity index (χ2v) is 6.84. The number of non-ortho nitro benzene ring substituents is 1. The fourth-order valence-electron chi connectivity index (χ4n) is 3.15. The topological polar surface area (TPSA) is 110 Å². The minimum Gasteiger partial charge on any atom is -0.367 e. The maximum atomic E-state index is 12.6. The van der Waals surface area contributed by atoms with Crippen LogP contribution >= 0.6 is 11.6 Å². The number of anilines is 1. The number of rotatable bonds is 4. The predicted octanol–water partition coefficient (Wildman–Crippen LogP) is 3.43. The number of nitro benzene ring substituents is 2. The average molecular weight is 405 g/mol. The standard InChI is InChI=1S/C18H17ClN4O5/c1-12-10-17(15(19)11-16(12)23(27)28)20-6-8-21(9-7-20)18(24)13-2-4-14(5-3-13)22(25)26/h2-5,10-11H,6-9H2,1H3. The molecule has 10 heteroatoms. The summed E-state index contributed by atoms with van der Waals surface area (Å²) in [6.45, 7) is 3.60. The van der Waals surface area contributed by atoms with Gasteiger partial charge in [-0.25, -0.2) is 0 Å². The van der Waals surface area contributed by atoms with Gasteiger partial charge in [-0.05, 0) is 25.1 Å². The van der Waals surface area contributed by atoms with Crippen molar-refractivity contribution < 1.29 is 14.6 Å². The molecule has 9 nitrogen and oxygen atoms in total. The minimum absolute atomic E-state index is 0.0271. The summed E-state index contributed by atoms with van der Waals surface area (Å²) in [6.07, 6.45) is 0. The lowest BCUT2D eigenvalue weighted by Crippen LogP contribution is -2.48. The number of nitro groups is 2. The summed E-state index contributed by atoms with van der Waals surface area (Å²) in [6, 6.07) is 8.55. The zero-order chi connectivity index (χ0) is 20.4. The van der Waals surface area contributed by atoms with E-state index in [9.17, 15) is 25.0 Å². The Hall–Kier alpha value is -3.20. The highest BCUT2D eigenvalue weighted by Crippen LogP contribution is 2.33. The molecule has 0 saturated carbocycles. The number of hydrogen-bond acceptors (Lipinski definition) is 6. The molecule has 146 valence electrons. The van der Waals surface area contributed by atoms with Gasteiger partial charge in [0.25, 0.3) is 17.3 Å². The second-order valence-electron chi connectivity index (χ2n) is 6.43. The molecule has 0 N–H and O–H groups in total. The van der Waals surface area contributed by atoms with Crippen LogP contribution in [0.2, 0.25) is 5.02 Å². The van der Waals surface area contributed by atoms with Gasteiger partial charge in [0.1, 0.15) is 0 Å². The van der Waals surface area contributed by atoms with Crippen LogP contribution in [0, 0.1) is 27.2 Å². The van der Waals surface area contributed by atoms with Gasteiger partial charge in [0, 0.05) is 55.5 Å². The molecule has 0 aliphatic carbocycles. The Labute approximate surface area is 165 Å². The Bertz CT molecular complexity index is 940. The number of amides is 1. The summed E-state index contributed by atoms with van der Waals surface area (Å²) in [5.74, 6) is -0.194. The third-order valence-corrected chi connectivity index (χ3v) is 5.00. The first-order valence-electron chi connectivity index (χ1n) is 8.51. The van der Waals surface area contributed by atoms with E-state index in [2.05, 4.69) is 0 Å². The van der Waals surface area contributed by atoms with E-state index < -0.39 is 9.85 Å². The lowest BCUT2D eigenvalue weighted by Gasteiger charge is -2.36. The lowest BCUT2D eigenvalue weighted by molar-refractivity contribution is -0.385. The number of piperazine rings is 1. The maximum Gasteiger partial charge on any atom is 0.273 e. The molecule has 0 spiro atoms. The van der Waals surface area contributed by atoms with Crippen LogP contribution in [-0.4, -0.2) is 46.8 Å². The zero-order valence-corrected chi connectivity index (χ0v) is 15.8. The monoisotopic (exact) mass is 404 g/mol. The Kier molecular flexibility index (Phi) is 5.46. The van der Waals surface area contributed by atoms with Crippen LogP contribution in [-0.2, 0) is 0 Å². The van der Waals surface area contributed by atoms with Gasteiger partial charge in [0.05, 0.1) is 20.6 Å². The third-order valence-electron chi connectivity index (χ3n) is 4.69. The number of aryl methyl sites for hydroxylation is 1. The normalized spacial score (nSPS) is 14.1. The van der Waals surface area contributed by atoms with Gasteiger partial charge < -0.3 is 9.80 Å². The second kappa shape index (κ2) is 7.81. The van der Waals surface area contributed by atoms with Crippen molar-refractivity contribution in [1.82, 2.24) is 4.90 Å². The molecule has 2 aromatic carbocycles. The van der Waals surface area contributed by atoms with Gasteiger partial charge in [0.2, 0.25) is 0 Å². The molecule has 0 radical (unpaired) electrons. The van der Waals surface area contributed by atoms with E-state index >= 15 is 0 Å². The number of benzene rings is 2. The summed E-state index contributed by atoms with van der Waals surface area (Å²) in [5, 5.41) is 22.0. The fraction of sp³-hybridized carbons (Fsp3) is 0.278. The van der Waals surface area contributed by atoms with Crippen molar-refractivity contribution in [2.24, 2.45) is 0 Å². The highest BCUT2D eigenvalue weighted by Gasteiger charge is 2.25. The molecule has 1 saturated heterocycles. The summed E-state index contributed by atoms with van der Waals surface area (Å²) >= 11 is 6.23. The molecule has 1 fully saturated rings. The van der Waals surface area contributed by atoms with Gasteiger partial charge in [0.15, 0.2) is 0 Å². The highest BCUT2D eigenvalue weighted by molar-refractivity contribution is 6.33. The van der Waals surface area contributed by atoms with E-state index in [-0.39, 0.29) is 17.3 Å². The first kappa shape index (κ1) is 19.6. The summed E-state index contributed by atoms with van der Waals surface area (Å²) in [7, 11) is 0. The molecule has 0 unspecified atom stereocenters. The van der Waals surface area contributed by atoms with Gasteiger partial charge in [-0.15, -0.1) is 0 Å². The van der Waals surface area contributed by atoms with Crippen LogP contribution in [0.3, 0.4) is 0 Å². The van der Waals surface area contributed by atoms with E-state index in [0.29, 0.717) is 48.0 Å². The van der Waals surface area contributed by atoms with Crippen molar-refractivity contribution >= 4 is 34.6 Å². The fourth-order valence-corrected chi connectivity index (χ4v) is 3.43. The van der Waals surface area contributed by atoms with Crippen LogP contribution in [0.15, 0.2) is 36.4 Å². The number of halogens is 1. The SMILES string of the molecule is Cc1cc(N2CCN(C(=O)c3ccc([N+](=O)[O-])cc3)CC2)c(Cl)cc1[N+](=O)[O-]. The molecule has 1 amide bonds. The van der Waals surface area contributed by atoms with Crippen molar-refractivity contribution in [2.45, 2.75) is 6.92 Å². The molecule has 0 aromatic heterocycles. The van der Waals surface area contributed by atoms with Gasteiger partial charge in [-0.2, -0.15) is 0 Å². The predicted molar refractivity (Wildman–Crippen MR) is 104 cm³/mol. The van der Waals surface area contributed by atoms with Crippen molar-refractivity contribution in [3.8, 4) is 0 Å². The Morgan fingerprint density at radius 2 is 1.61 bits per heavy atom. The van der Waals surface area contributed by atoms with E-state index in [4.69, 9.17) is 11.6 Å². The molecule has 3 rings (SSSR count). The Morgan fingerprint density at radius 3 is 2.14 bits per heavy atom. The first-order valence-corrected chi connectivity index (χ1v) is 8.89. The highest BCUT2D eigenvalue weighted by atomic mass is 35.5. The van der Waals surface area contributed by atoms with E-state index in [1.807, 2.05) is 4.90 Å². The van der Waals surface area contributed by atoms with E-state index in [0.717, 1.165) is 0 Å². The van der Waals surface area contributed by atoms with Crippen LogP contribution in [0.5, 0.6) is 0 Å². The molecule has 0 atom stereocenters. The lowest BCUT2D eigenvalue weighted by atomic mass is 10.1. The molecule has 1 heterocycles. The van der Waals surface area contributed by atoms with Crippen molar-refractivity contribution in [1.29, 1.82) is 0 Å². The summed E-state index contributed by atoms with van der Waals surface area (Å²) in [5.41, 5.74) is 1.52. The van der Waals surface area contributed by atoms with E-state index in [1.165, 1.54) is 30.3 Å². The van der Waals surface area contributed by atoms with Crippen molar-refractivity contribution in [3.05, 3.63) is 72.8 Å². The molecule has 1 aliphatic rings. The quantitative estimate of drug-likeness (QED) is 0.570. The van der Waals surface area contributed by atoms with Crippen LogP contribution in [0.4, 0.5) is 17.1 Å². The number of nitrogens with zero attached hydrogens (tertiary/aromatic N) is 4. The third kappa shape index (κ3) is 3.89. The Morgan fingerprint density at radius 1 is 1.00 bits per heavy atom. The molecule has 0 bridgehead atoms. The minimum atomic E-state index is -0.511. The van der Waals surface area contributed by atoms with Gasteiger partial charge in [-0.3, -0.25) is 25.0 Å². The molecule has 2 aromatic rings. The van der Waals surface area contributed by atoms with Crippen LogP contribution in [0.25, 0.3) is 0 Å². The molecular weight excluding hydrogens is 388 g/mol. The summed E-state index contributed by atoms with van der Waals surface area (Å²) < 4.78 is 0. The van der Waals surface area contributed by atoms with Crippen LogP contribution < -0.4 is 4.90 Å². The Balaban J connectivity index is 1.69. The molecule has 28 heavy (non-hydrogen) atoms. The number of hydrogen-bond donors (Lipinski definition) is 0. The first-order chi connectivity index (χ1) is 13.3. The van der Waals surface area contributed by atoms with Gasteiger partial charge in [-0.1, -0.05) is 11.6 Å². The molecule has 1 aliphatic heterocycles. The average Bonchev–Trinajstić information content (AvgIpc) is 2.69. The molecular formula is C18H17ClN4O5. The number of carbonyl (C=O) groups is 1. The van der Waals surface area contributed by atoms with Crippen molar-refractivity contribution in [2.75, 3.05) is 31.1 Å².